The van der Waals surface area contributed by atoms with Gasteiger partial charge in [0.15, 0.2) is 0 Å². The topological polar surface area (TPSA) is 46.6 Å². The van der Waals surface area contributed by atoms with E-state index in [0.717, 1.165) is 38.5 Å². The van der Waals surface area contributed by atoms with E-state index < -0.39 is 10.0 Å². The Morgan fingerprint density at radius 2 is 1.90 bits per heavy atom. The molecule has 6 atom stereocenters. The molecule has 0 radical (unpaired) electrons. The molecule has 0 aromatic carbocycles. The van der Waals surface area contributed by atoms with E-state index in [1.807, 2.05) is 11.2 Å². The van der Waals surface area contributed by atoms with Gasteiger partial charge in [0, 0.05) is 6.04 Å². The molecule has 0 aromatic heterocycles. The lowest BCUT2D eigenvalue weighted by atomic mass is 9.89. The molecule has 3 aliphatic carbocycles. The molecule has 4 aliphatic rings. The molecule has 2 bridgehead atoms. The number of sulfonamides is 1. The van der Waals surface area contributed by atoms with Crippen LogP contribution in [-0.2, 0) is 14.8 Å². The largest absolute Gasteiger partial charge is 0.358 e. The SMILES string of the molecule is CC(Cl)OC1C2CC3C1N(C1CCCCC1)S(=O)(=O)C3C2. The van der Waals surface area contributed by atoms with Crippen LogP contribution in [0.1, 0.15) is 51.9 Å². The minimum absolute atomic E-state index is 0.0120. The number of hydrogen-bond donors (Lipinski definition) is 0. The second kappa shape index (κ2) is 5.08. The number of alkyl halides is 1. The van der Waals surface area contributed by atoms with Crippen molar-refractivity contribution in [3.63, 3.8) is 0 Å². The summed E-state index contributed by atoms with van der Waals surface area (Å²) in [5.41, 5.74) is -0.343. The second-order valence-electron chi connectivity index (χ2n) is 7.23. The van der Waals surface area contributed by atoms with Crippen molar-refractivity contribution >= 4 is 21.6 Å². The zero-order chi connectivity index (χ0) is 14.8. The van der Waals surface area contributed by atoms with Gasteiger partial charge in [-0.15, -0.1) is 0 Å². The van der Waals surface area contributed by atoms with E-state index >= 15 is 0 Å². The Bertz CT molecular complexity index is 517. The molecule has 3 saturated carbocycles. The maximum Gasteiger partial charge on any atom is 0.217 e. The van der Waals surface area contributed by atoms with Gasteiger partial charge in [0.05, 0.1) is 17.4 Å². The summed E-state index contributed by atoms with van der Waals surface area (Å²) in [5.74, 6) is 0.664. The zero-order valence-corrected chi connectivity index (χ0v) is 14.0. The molecule has 4 fully saturated rings. The summed E-state index contributed by atoms with van der Waals surface area (Å²) in [5, 5.41) is -0.139. The van der Waals surface area contributed by atoms with Crippen LogP contribution in [0.4, 0.5) is 0 Å². The molecule has 1 aliphatic heterocycles. The highest BCUT2D eigenvalue weighted by atomic mass is 35.5. The molecule has 6 heteroatoms. The summed E-state index contributed by atoms with van der Waals surface area (Å²) in [7, 11) is -3.13. The van der Waals surface area contributed by atoms with Gasteiger partial charge in [-0.1, -0.05) is 30.9 Å². The molecule has 4 nitrogen and oxygen atoms in total. The van der Waals surface area contributed by atoms with Crippen LogP contribution in [0.3, 0.4) is 0 Å². The van der Waals surface area contributed by atoms with Crippen molar-refractivity contribution in [1.82, 2.24) is 4.31 Å². The van der Waals surface area contributed by atoms with Gasteiger partial charge in [-0.3, -0.25) is 0 Å². The Balaban J connectivity index is 1.68. The molecular formula is C15H24ClNO3S. The highest BCUT2D eigenvalue weighted by Gasteiger charge is 2.67. The smallest absolute Gasteiger partial charge is 0.217 e. The van der Waals surface area contributed by atoms with Gasteiger partial charge in [0.1, 0.15) is 5.56 Å². The Kier molecular flexibility index (Phi) is 3.57. The van der Waals surface area contributed by atoms with Crippen LogP contribution in [0, 0.1) is 11.8 Å². The van der Waals surface area contributed by atoms with Gasteiger partial charge in [-0.05, 0) is 44.4 Å². The van der Waals surface area contributed by atoms with Crippen LogP contribution in [0.15, 0.2) is 0 Å². The molecule has 1 heterocycles. The normalized spacial score (nSPS) is 47.0. The lowest BCUT2D eigenvalue weighted by molar-refractivity contribution is -0.0316. The lowest BCUT2D eigenvalue weighted by Crippen LogP contribution is -2.49. The van der Waals surface area contributed by atoms with Crippen molar-refractivity contribution < 1.29 is 13.2 Å². The number of hydrogen-bond acceptors (Lipinski definition) is 3. The fourth-order valence-electron chi connectivity index (χ4n) is 5.42. The van der Waals surface area contributed by atoms with Crippen LogP contribution in [-0.4, -0.2) is 41.7 Å². The number of halogens is 1. The monoisotopic (exact) mass is 333 g/mol. The first-order chi connectivity index (χ1) is 10.00. The summed E-state index contributed by atoms with van der Waals surface area (Å²) in [6.45, 7) is 1.83. The van der Waals surface area contributed by atoms with Crippen molar-refractivity contribution in [3.05, 3.63) is 0 Å². The fraction of sp³-hybridized carbons (Fsp3) is 1.00. The van der Waals surface area contributed by atoms with E-state index in [2.05, 4.69) is 0 Å². The number of rotatable bonds is 3. The van der Waals surface area contributed by atoms with Crippen LogP contribution in [0.5, 0.6) is 0 Å². The molecule has 120 valence electrons. The summed E-state index contributed by atoms with van der Waals surface area (Å²) in [4.78, 5) is 0. The molecule has 1 saturated heterocycles. The third kappa shape index (κ3) is 2.11. The lowest BCUT2D eigenvalue weighted by Gasteiger charge is -2.37. The Hall–Kier alpha value is 0.160. The van der Waals surface area contributed by atoms with Gasteiger partial charge in [0.25, 0.3) is 0 Å². The van der Waals surface area contributed by atoms with Gasteiger partial charge >= 0.3 is 0 Å². The van der Waals surface area contributed by atoms with Crippen LogP contribution >= 0.6 is 11.6 Å². The Morgan fingerprint density at radius 1 is 1.19 bits per heavy atom. The van der Waals surface area contributed by atoms with Gasteiger partial charge in [0.2, 0.25) is 10.0 Å². The standard InChI is InChI=1S/C15H24ClNO3S/c1-9(16)20-15-10-7-12-13(8-10)21(18,19)17(14(12)15)11-5-3-2-4-6-11/h9-15H,2-8H2,1H3. The van der Waals surface area contributed by atoms with Gasteiger partial charge in [-0.25, -0.2) is 8.42 Å². The second-order valence-corrected chi connectivity index (χ2v) is 9.91. The number of ether oxygens (including phenoxy) is 1. The van der Waals surface area contributed by atoms with E-state index in [0.29, 0.717) is 5.92 Å². The van der Waals surface area contributed by atoms with Crippen molar-refractivity contribution in [2.45, 2.75) is 80.9 Å². The van der Waals surface area contributed by atoms with Crippen molar-refractivity contribution in [2.24, 2.45) is 11.8 Å². The van der Waals surface area contributed by atoms with E-state index in [4.69, 9.17) is 16.3 Å². The Morgan fingerprint density at radius 3 is 2.57 bits per heavy atom. The van der Waals surface area contributed by atoms with E-state index in [-0.39, 0.29) is 34.9 Å². The van der Waals surface area contributed by atoms with E-state index in [1.54, 1.807) is 0 Å². The zero-order valence-electron chi connectivity index (χ0n) is 12.4. The first-order valence-corrected chi connectivity index (χ1v) is 10.3. The molecule has 4 rings (SSSR count). The third-order valence-electron chi connectivity index (χ3n) is 6.08. The molecule has 21 heavy (non-hydrogen) atoms. The minimum Gasteiger partial charge on any atom is -0.358 e. The van der Waals surface area contributed by atoms with Crippen molar-refractivity contribution in [2.75, 3.05) is 0 Å². The first-order valence-electron chi connectivity index (χ1n) is 8.32. The van der Waals surface area contributed by atoms with Crippen LogP contribution < -0.4 is 0 Å². The summed E-state index contributed by atoms with van der Waals surface area (Å²) < 4.78 is 33.8. The molecule has 0 N–H and O–H groups in total. The third-order valence-corrected chi connectivity index (χ3v) is 8.62. The average molecular weight is 334 g/mol. The summed E-state index contributed by atoms with van der Waals surface area (Å²) in [6, 6.07) is 0.262. The predicted octanol–water partition coefficient (Wildman–Crippen LogP) is 2.71. The maximum atomic E-state index is 13.0. The first kappa shape index (κ1) is 14.7. The van der Waals surface area contributed by atoms with Gasteiger partial charge < -0.3 is 4.74 Å². The number of nitrogens with zero attached hydrogens (tertiary/aromatic N) is 1. The highest BCUT2D eigenvalue weighted by molar-refractivity contribution is 7.90. The van der Waals surface area contributed by atoms with Crippen LogP contribution in [0.25, 0.3) is 0 Å². The average Bonchev–Trinajstić information content (AvgIpc) is 3.03. The van der Waals surface area contributed by atoms with Crippen molar-refractivity contribution in [3.8, 4) is 0 Å². The van der Waals surface area contributed by atoms with E-state index in [9.17, 15) is 8.42 Å². The molecule has 0 aromatic rings. The van der Waals surface area contributed by atoms with Gasteiger partial charge in [-0.2, -0.15) is 4.31 Å². The molecule has 0 spiro atoms. The Labute approximate surface area is 132 Å². The number of fused-ring (bicyclic) bond motifs is 1. The highest BCUT2D eigenvalue weighted by Crippen LogP contribution is 2.58. The summed E-state index contributed by atoms with van der Waals surface area (Å²) in [6.07, 6.45) is 7.37. The minimum atomic E-state index is -3.13. The molecule has 6 unspecified atom stereocenters. The maximum absolute atomic E-state index is 13.0. The van der Waals surface area contributed by atoms with Crippen LogP contribution in [0.2, 0.25) is 0 Å². The predicted molar refractivity (Wildman–Crippen MR) is 81.6 cm³/mol. The molecular weight excluding hydrogens is 310 g/mol. The molecule has 0 amide bonds. The fourth-order valence-corrected chi connectivity index (χ4v) is 8.30. The van der Waals surface area contributed by atoms with Crippen molar-refractivity contribution in [1.29, 1.82) is 0 Å². The van der Waals surface area contributed by atoms with E-state index in [1.165, 1.54) is 6.42 Å². The quantitative estimate of drug-likeness (QED) is 0.746. The summed E-state index contributed by atoms with van der Waals surface area (Å²) >= 11 is 6.05.